The highest BCUT2D eigenvalue weighted by Crippen LogP contribution is 2.19. The van der Waals surface area contributed by atoms with Crippen LogP contribution in [0, 0.1) is 0 Å². The number of hydrogen-bond donors (Lipinski definition) is 2. The molecule has 0 saturated carbocycles. The van der Waals surface area contributed by atoms with Gasteiger partial charge in [-0.25, -0.2) is 4.79 Å². The Morgan fingerprint density at radius 1 is 1.13 bits per heavy atom. The number of anilines is 1. The van der Waals surface area contributed by atoms with Gasteiger partial charge < -0.3 is 20.3 Å². The highest BCUT2D eigenvalue weighted by atomic mass is 35.5. The first-order valence-corrected chi connectivity index (χ1v) is 8.30. The summed E-state index contributed by atoms with van der Waals surface area (Å²) >= 11 is 5.92. The largest absolute Gasteiger partial charge is 0.383 e. The summed E-state index contributed by atoms with van der Waals surface area (Å²) in [4.78, 5) is 16.2. The van der Waals surface area contributed by atoms with E-state index in [1.54, 1.807) is 7.11 Å². The zero-order valence-electron chi connectivity index (χ0n) is 13.6. The summed E-state index contributed by atoms with van der Waals surface area (Å²) in [6.07, 6.45) is 0. The van der Waals surface area contributed by atoms with E-state index in [4.69, 9.17) is 16.3 Å². The van der Waals surface area contributed by atoms with Gasteiger partial charge in [0.25, 0.3) is 0 Å². The lowest BCUT2D eigenvalue weighted by molar-refractivity contribution is 0.195. The molecule has 1 aromatic rings. The van der Waals surface area contributed by atoms with Gasteiger partial charge in [-0.15, -0.1) is 0 Å². The van der Waals surface area contributed by atoms with E-state index >= 15 is 0 Å². The minimum atomic E-state index is -0.137. The number of carbonyl (C=O) groups excluding carboxylic acids is 1. The second-order valence-electron chi connectivity index (χ2n) is 5.48. The van der Waals surface area contributed by atoms with Crippen LogP contribution in [-0.2, 0) is 4.74 Å². The van der Waals surface area contributed by atoms with Crippen LogP contribution in [0.5, 0.6) is 0 Å². The summed E-state index contributed by atoms with van der Waals surface area (Å²) in [7, 11) is 1.61. The van der Waals surface area contributed by atoms with Gasteiger partial charge in [-0.3, -0.25) is 4.90 Å². The minimum Gasteiger partial charge on any atom is -0.383 e. The molecule has 1 aliphatic rings. The monoisotopic (exact) mass is 340 g/mol. The van der Waals surface area contributed by atoms with Gasteiger partial charge in [0, 0.05) is 63.6 Å². The quantitative estimate of drug-likeness (QED) is 0.737. The number of urea groups is 1. The number of halogens is 1. The molecule has 6 nitrogen and oxygen atoms in total. The molecule has 2 N–H and O–H groups in total. The van der Waals surface area contributed by atoms with Crippen molar-refractivity contribution in [3.05, 3.63) is 29.3 Å². The molecule has 1 aliphatic heterocycles. The third kappa shape index (κ3) is 6.25. The van der Waals surface area contributed by atoms with Gasteiger partial charge in [-0.05, 0) is 24.3 Å². The first kappa shape index (κ1) is 17.8. The molecule has 0 bridgehead atoms. The molecule has 7 heteroatoms. The zero-order valence-corrected chi connectivity index (χ0v) is 14.3. The van der Waals surface area contributed by atoms with Gasteiger partial charge in [0.15, 0.2) is 0 Å². The predicted octanol–water partition coefficient (Wildman–Crippen LogP) is 1.41. The lowest BCUT2D eigenvalue weighted by Crippen LogP contribution is -2.49. The molecule has 0 atom stereocenters. The molecule has 1 saturated heterocycles. The van der Waals surface area contributed by atoms with Crippen molar-refractivity contribution in [2.45, 2.75) is 0 Å². The number of amides is 2. The molecule has 0 aliphatic carbocycles. The Labute approximate surface area is 142 Å². The number of carbonyl (C=O) groups is 1. The maximum absolute atomic E-state index is 11.5. The Morgan fingerprint density at radius 3 is 2.43 bits per heavy atom. The molecule has 2 rings (SSSR count). The number of nitrogens with one attached hydrogen (secondary N) is 2. The standard InChI is InChI=1S/C16H25ClN4O2/c1-23-13-7-19-16(22)18-6-8-20-9-11-21(12-10-20)15-4-2-14(17)3-5-15/h2-5H,6-13H2,1H3,(H2,18,19,22). The average molecular weight is 341 g/mol. The van der Waals surface area contributed by atoms with E-state index in [0.29, 0.717) is 19.7 Å². The zero-order chi connectivity index (χ0) is 16.5. The van der Waals surface area contributed by atoms with Crippen LogP contribution in [-0.4, -0.2) is 70.5 Å². The number of methoxy groups -OCH3 is 1. The van der Waals surface area contributed by atoms with Crippen molar-refractivity contribution in [2.75, 3.05) is 64.4 Å². The van der Waals surface area contributed by atoms with Crippen molar-refractivity contribution in [1.29, 1.82) is 0 Å². The van der Waals surface area contributed by atoms with Gasteiger partial charge >= 0.3 is 6.03 Å². The van der Waals surface area contributed by atoms with Crippen LogP contribution >= 0.6 is 11.6 Å². The van der Waals surface area contributed by atoms with Gasteiger partial charge in [-0.2, -0.15) is 0 Å². The topological polar surface area (TPSA) is 56.8 Å². The first-order valence-electron chi connectivity index (χ1n) is 7.92. The smallest absolute Gasteiger partial charge is 0.314 e. The summed E-state index contributed by atoms with van der Waals surface area (Å²) in [6, 6.07) is 7.83. The molecule has 1 fully saturated rings. The number of ether oxygens (including phenoxy) is 1. The van der Waals surface area contributed by atoms with Crippen LogP contribution in [0.3, 0.4) is 0 Å². The maximum Gasteiger partial charge on any atom is 0.314 e. The second-order valence-corrected chi connectivity index (χ2v) is 5.92. The molecule has 1 heterocycles. The number of nitrogens with zero attached hydrogens (tertiary/aromatic N) is 2. The fourth-order valence-corrected chi connectivity index (χ4v) is 2.66. The number of hydrogen-bond acceptors (Lipinski definition) is 4. The highest BCUT2D eigenvalue weighted by molar-refractivity contribution is 6.30. The van der Waals surface area contributed by atoms with E-state index in [9.17, 15) is 4.79 Å². The third-order valence-electron chi connectivity index (χ3n) is 3.87. The Bertz CT molecular complexity index is 475. The van der Waals surface area contributed by atoms with Crippen molar-refractivity contribution in [3.63, 3.8) is 0 Å². The van der Waals surface area contributed by atoms with Crippen LogP contribution in [0.15, 0.2) is 24.3 Å². The highest BCUT2D eigenvalue weighted by Gasteiger charge is 2.16. The van der Waals surface area contributed by atoms with E-state index in [1.165, 1.54) is 5.69 Å². The van der Waals surface area contributed by atoms with Crippen molar-refractivity contribution < 1.29 is 9.53 Å². The van der Waals surface area contributed by atoms with Gasteiger partial charge in [0.2, 0.25) is 0 Å². The molecular formula is C16H25ClN4O2. The molecule has 2 amide bonds. The summed E-state index contributed by atoms with van der Waals surface area (Å²) in [6.45, 7) is 6.54. The molecule has 0 radical (unpaired) electrons. The molecule has 128 valence electrons. The summed E-state index contributed by atoms with van der Waals surface area (Å²) in [5.41, 5.74) is 1.21. The van der Waals surface area contributed by atoms with E-state index < -0.39 is 0 Å². The van der Waals surface area contributed by atoms with E-state index in [1.807, 2.05) is 12.1 Å². The van der Waals surface area contributed by atoms with Crippen LogP contribution in [0.1, 0.15) is 0 Å². The Kier molecular flexibility index (Phi) is 7.45. The Hall–Kier alpha value is -1.50. The number of rotatable bonds is 7. The summed E-state index contributed by atoms with van der Waals surface area (Å²) in [5.74, 6) is 0. The predicted molar refractivity (Wildman–Crippen MR) is 93.4 cm³/mol. The lowest BCUT2D eigenvalue weighted by Gasteiger charge is -2.36. The fraction of sp³-hybridized carbons (Fsp3) is 0.562. The van der Waals surface area contributed by atoms with E-state index in [0.717, 1.165) is 37.7 Å². The number of piperazine rings is 1. The van der Waals surface area contributed by atoms with E-state index in [2.05, 4.69) is 32.6 Å². The Balaban J connectivity index is 1.61. The molecule has 0 aromatic heterocycles. The molecule has 0 unspecified atom stereocenters. The SMILES string of the molecule is COCCNC(=O)NCCN1CCN(c2ccc(Cl)cc2)CC1. The maximum atomic E-state index is 11.5. The van der Waals surface area contributed by atoms with Crippen LogP contribution < -0.4 is 15.5 Å². The van der Waals surface area contributed by atoms with Crippen molar-refractivity contribution in [3.8, 4) is 0 Å². The molecular weight excluding hydrogens is 316 g/mol. The number of benzene rings is 1. The molecule has 0 spiro atoms. The minimum absolute atomic E-state index is 0.137. The summed E-state index contributed by atoms with van der Waals surface area (Å²) < 4.78 is 4.88. The lowest BCUT2D eigenvalue weighted by atomic mass is 10.2. The van der Waals surface area contributed by atoms with Crippen LogP contribution in [0.4, 0.5) is 10.5 Å². The van der Waals surface area contributed by atoms with Gasteiger partial charge in [-0.1, -0.05) is 11.6 Å². The van der Waals surface area contributed by atoms with Gasteiger partial charge in [0.05, 0.1) is 6.61 Å². The van der Waals surface area contributed by atoms with Crippen molar-refractivity contribution in [1.82, 2.24) is 15.5 Å². The average Bonchev–Trinajstić information content (AvgIpc) is 2.57. The molecule has 23 heavy (non-hydrogen) atoms. The van der Waals surface area contributed by atoms with Crippen molar-refractivity contribution in [2.24, 2.45) is 0 Å². The molecule has 1 aromatic carbocycles. The third-order valence-corrected chi connectivity index (χ3v) is 4.12. The van der Waals surface area contributed by atoms with Crippen LogP contribution in [0.25, 0.3) is 0 Å². The van der Waals surface area contributed by atoms with Crippen molar-refractivity contribution >= 4 is 23.3 Å². The van der Waals surface area contributed by atoms with Crippen LogP contribution in [0.2, 0.25) is 5.02 Å². The normalized spacial score (nSPS) is 15.5. The first-order chi connectivity index (χ1) is 11.2. The van der Waals surface area contributed by atoms with Gasteiger partial charge in [0.1, 0.15) is 0 Å². The summed E-state index contributed by atoms with van der Waals surface area (Å²) in [5, 5.41) is 6.37. The van der Waals surface area contributed by atoms with E-state index in [-0.39, 0.29) is 6.03 Å². The second kappa shape index (κ2) is 9.60. The Morgan fingerprint density at radius 2 is 1.78 bits per heavy atom. The fourth-order valence-electron chi connectivity index (χ4n) is 2.54.